The number of nitrogens with one attached hydrogen (secondary N) is 1. The molecule has 0 unspecified atom stereocenters. The molecule has 1 fully saturated rings. The number of carbonyl (C=O) groups is 1. The van der Waals surface area contributed by atoms with E-state index < -0.39 is 0 Å². The van der Waals surface area contributed by atoms with Gasteiger partial charge in [-0.3, -0.25) is 4.79 Å². The number of benzene rings is 1. The molecule has 0 aliphatic carbocycles. The highest BCUT2D eigenvalue weighted by molar-refractivity contribution is 5.96. The summed E-state index contributed by atoms with van der Waals surface area (Å²) in [6, 6.07) is 4.33. The highest BCUT2D eigenvalue weighted by Gasteiger charge is 2.30. The zero-order valence-corrected chi connectivity index (χ0v) is 13.8. The summed E-state index contributed by atoms with van der Waals surface area (Å²) in [7, 11) is 2.08. The lowest BCUT2D eigenvalue weighted by Gasteiger charge is -2.38. The van der Waals surface area contributed by atoms with Crippen LogP contribution in [0.25, 0.3) is 0 Å². The molecule has 1 aliphatic rings. The number of likely N-dealkylation sites (tertiary alicyclic amines) is 1. The Kier molecular flexibility index (Phi) is 6.34. The van der Waals surface area contributed by atoms with Crippen LogP contribution < -0.4 is 5.32 Å². The fourth-order valence-corrected chi connectivity index (χ4v) is 2.42. The summed E-state index contributed by atoms with van der Waals surface area (Å²) in [4.78, 5) is 14.5. The lowest BCUT2D eigenvalue weighted by Crippen LogP contribution is -2.52. The van der Waals surface area contributed by atoms with E-state index in [9.17, 15) is 9.18 Å². The van der Waals surface area contributed by atoms with Gasteiger partial charge in [-0.15, -0.1) is 0 Å². The average Bonchev–Trinajstić information content (AvgIpc) is 2.47. The van der Waals surface area contributed by atoms with Gasteiger partial charge in [-0.1, -0.05) is 19.9 Å². The first-order valence-electron chi connectivity index (χ1n) is 7.67. The fourth-order valence-electron chi connectivity index (χ4n) is 2.42. The van der Waals surface area contributed by atoms with Crippen LogP contribution in [0.2, 0.25) is 0 Å². The van der Waals surface area contributed by atoms with Gasteiger partial charge in [-0.2, -0.15) is 0 Å². The lowest BCUT2D eigenvalue weighted by molar-refractivity contribution is 0.0851. The molecule has 1 aromatic rings. The first-order chi connectivity index (χ1) is 9.89. The van der Waals surface area contributed by atoms with Crippen molar-refractivity contribution in [2.75, 3.05) is 20.1 Å². The highest BCUT2D eigenvalue weighted by Crippen LogP contribution is 2.22. The second-order valence-electron chi connectivity index (χ2n) is 5.78. The van der Waals surface area contributed by atoms with Gasteiger partial charge in [0.2, 0.25) is 0 Å². The summed E-state index contributed by atoms with van der Waals surface area (Å²) in [6.45, 7) is 9.83. The van der Waals surface area contributed by atoms with Crippen molar-refractivity contribution >= 4 is 5.91 Å². The lowest BCUT2D eigenvalue weighted by atomic mass is 9.89. The van der Waals surface area contributed by atoms with Gasteiger partial charge in [0.1, 0.15) is 5.82 Å². The molecule has 0 bridgehead atoms. The van der Waals surface area contributed by atoms with E-state index in [1.807, 2.05) is 20.8 Å². The van der Waals surface area contributed by atoms with Crippen LogP contribution in [0.4, 0.5) is 4.39 Å². The molecule has 1 aliphatic heterocycles. The minimum Gasteiger partial charge on any atom is -0.347 e. The normalized spacial score (nSPS) is 17.6. The smallest absolute Gasteiger partial charge is 0.252 e. The van der Waals surface area contributed by atoms with Gasteiger partial charge >= 0.3 is 0 Å². The molecule has 1 amide bonds. The maximum absolute atomic E-state index is 13.2. The van der Waals surface area contributed by atoms with E-state index in [-0.39, 0.29) is 17.3 Å². The number of halogens is 1. The quantitative estimate of drug-likeness (QED) is 0.907. The second kappa shape index (κ2) is 7.55. The molecule has 0 aromatic heterocycles. The van der Waals surface area contributed by atoms with E-state index in [1.165, 1.54) is 12.1 Å². The maximum atomic E-state index is 13.2. The maximum Gasteiger partial charge on any atom is 0.252 e. The van der Waals surface area contributed by atoms with Gasteiger partial charge in [0.25, 0.3) is 5.91 Å². The summed E-state index contributed by atoms with van der Waals surface area (Å²) >= 11 is 0. The van der Waals surface area contributed by atoms with Crippen LogP contribution >= 0.6 is 0 Å². The number of hydrogen-bond acceptors (Lipinski definition) is 2. The zero-order valence-electron chi connectivity index (χ0n) is 13.8. The molecule has 1 heterocycles. The Morgan fingerprint density at radius 1 is 1.29 bits per heavy atom. The predicted molar refractivity (Wildman–Crippen MR) is 85.1 cm³/mol. The summed E-state index contributed by atoms with van der Waals surface area (Å²) in [5, 5.41) is 3.07. The van der Waals surface area contributed by atoms with Crippen molar-refractivity contribution in [1.82, 2.24) is 10.2 Å². The van der Waals surface area contributed by atoms with E-state index >= 15 is 0 Å². The second-order valence-corrected chi connectivity index (χ2v) is 5.78. The number of nitrogens with zero attached hydrogens (tertiary/aromatic N) is 1. The molecule has 1 N–H and O–H groups in total. The number of rotatable bonds is 2. The first-order valence-corrected chi connectivity index (χ1v) is 7.67. The number of amides is 1. The molecule has 2 rings (SSSR count). The van der Waals surface area contributed by atoms with Crippen LogP contribution in [0.15, 0.2) is 18.2 Å². The van der Waals surface area contributed by atoms with Crippen molar-refractivity contribution in [3.05, 3.63) is 35.1 Å². The molecule has 21 heavy (non-hydrogen) atoms. The van der Waals surface area contributed by atoms with E-state index in [4.69, 9.17) is 0 Å². The van der Waals surface area contributed by atoms with Crippen LogP contribution in [0.5, 0.6) is 0 Å². The van der Waals surface area contributed by atoms with Crippen molar-refractivity contribution in [2.45, 2.75) is 46.1 Å². The van der Waals surface area contributed by atoms with Crippen molar-refractivity contribution in [3.8, 4) is 0 Å². The van der Waals surface area contributed by atoms with Gasteiger partial charge in [-0.05, 0) is 51.4 Å². The van der Waals surface area contributed by atoms with Crippen molar-refractivity contribution in [1.29, 1.82) is 0 Å². The molecule has 0 radical (unpaired) electrons. The van der Waals surface area contributed by atoms with Gasteiger partial charge in [0, 0.05) is 24.2 Å². The van der Waals surface area contributed by atoms with E-state index in [0.29, 0.717) is 5.56 Å². The van der Waals surface area contributed by atoms with Crippen molar-refractivity contribution in [3.63, 3.8) is 0 Å². The number of piperidine rings is 1. The largest absolute Gasteiger partial charge is 0.347 e. The number of hydrogen-bond donors (Lipinski definition) is 1. The van der Waals surface area contributed by atoms with Gasteiger partial charge in [0.05, 0.1) is 0 Å². The topological polar surface area (TPSA) is 32.3 Å². The van der Waals surface area contributed by atoms with Crippen LogP contribution in [0.1, 0.15) is 49.5 Å². The summed E-state index contributed by atoms with van der Waals surface area (Å²) < 4.78 is 13.2. The number of carbonyl (C=O) groups excluding carboxylic acids is 1. The molecule has 118 valence electrons. The Balaban J connectivity index is 0.00000106. The molecule has 4 heteroatoms. The minimum atomic E-state index is -0.371. The van der Waals surface area contributed by atoms with Gasteiger partial charge in [0.15, 0.2) is 0 Å². The van der Waals surface area contributed by atoms with Crippen molar-refractivity contribution < 1.29 is 9.18 Å². The Bertz CT molecular complexity index is 480. The van der Waals surface area contributed by atoms with Crippen LogP contribution in [0, 0.1) is 12.7 Å². The first kappa shape index (κ1) is 17.6. The number of aryl methyl sites for hydroxylation is 1. The molecule has 0 spiro atoms. The molecule has 0 saturated carbocycles. The Morgan fingerprint density at radius 2 is 1.86 bits per heavy atom. The van der Waals surface area contributed by atoms with Gasteiger partial charge in [-0.25, -0.2) is 4.39 Å². The third-order valence-corrected chi connectivity index (χ3v) is 3.95. The molecule has 0 atom stereocenters. The third kappa shape index (κ3) is 4.81. The average molecular weight is 294 g/mol. The Morgan fingerprint density at radius 3 is 2.43 bits per heavy atom. The van der Waals surface area contributed by atoms with E-state index in [2.05, 4.69) is 24.2 Å². The SMILES string of the molecule is CC.Cc1ccc(F)cc1C(=O)NC1(C)CCN(C)CC1. The molecule has 3 nitrogen and oxygen atoms in total. The Labute approximate surface area is 127 Å². The van der Waals surface area contributed by atoms with Crippen molar-refractivity contribution in [2.24, 2.45) is 0 Å². The molecule has 1 saturated heterocycles. The molecule has 1 aromatic carbocycles. The minimum absolute atomic E-state index is 0.177. The summed E-state index contributed by atoms with van der Waals surface area (Å²) in [5.74, 6) is -0.548. The van der Waals surface area contributed by atoms with E-state index in [0.717, 1.165) is 31.5 Å². The summed E-state index contributed by atoms with van der Waals surface area (Å²) in [5.41, 5.74) is 1.04. The highest BCUT2D eigenvalue weighted by atomic mass is 19.1. The van der Waals surface area contributed by atoms with Crippen LogP contribution in [-0.2, 0) is 0 Å². The zero-order chi connectivity index (χ0) is 16.0. The van der Waals surface area contributed by atoms with Crippen LogP contribution in [0.3, 0.4) is 0 Å². The van der Waals surface area contributed by atoms with Crippen LogP contribution in [-0.4, -0.2) is 36.5 Å². The molecular weight excluding hydrogens is 267 g/mol. The summed E-state index contributed by atoms with van der Waals surface area (Å²) in [6.07, 6.45) is 1.84. The van der Waals surface area contributed by atoms with E-state index in [1.54, 1.807) is 6.07 Å². The monoisotopic (exact) mass is 294 g/mol. The molecular formula is C17H27FN2O. The third-order valence-electron chi connectivity index (χ3n) is 3.95. The van der Waals surface area contributed by atoms with Gasteiger partial charge < -0.3 is 10.2 Å². The Hall–Kier alpha value is -1.42. The fraction of sp³-hybridized carbons (Fsp3) is 0.588. The predicted octanol–water partition coefficient (Wildman–Crippen LogP) is 3.37. The standard InChI is InChI=1S/C15H21FN2O.C2H6/c1-11-4-5-12(16)10-13(11)14(19)17-15(2)6-8-18(3)9-7-15;1-2/h4-5,10H,6-9H2,1-3H3,(H,17,19);1-2H3.